The fraction of sp³-hybridized carbons (Fsp3) is 0.941. The van der Waals surface area contributed by atoms with Gasteiger partial charge in [0.05, 0.1) is 6.04 Å². The molecule has 122 valence electrons. The van der Waals surface area contributed by atoms with Crippen LogP contribution in [0.15, 0.2) is 0 Å². The number of carbonyl (C=O) groups is 1. The number of ketones is 1. The summed E-state index contributed by atoms with van der Waals surface area (Å²) in [6.07, 6.45) is 9.14. The van der Waals surface area contributed by atoms with Crippen molar-refractivity contribution in [1.29, 1.82) is 0 Å². The molecule has 0 heterocycles. The molecule has 3 nitrogen and oxygen atoms in total. The van der Waals surface area contributed by atoms with E-state index in [1.807, 2.05) is 14.0 Å². The maximum absolute atomic E-state index is 11.7. The Bertz CT molecular complexity index is 229. The van der Waals surface area contributed by atoms with Gasteiger partial charge in [-0.25, -0.2) is 0 Å². The van der Waals surface area contributed by atoms with E-state index in [4.69, 9.17) is 0 Å². The Balaban J connectivity index is 0. The summed E-state index contributed by atoms with van der Waals surface area (Å²) < 4.78 is 0. The van der Waals surface area contributed by atoms with E-state index >= 15 is 0 Å². The molecule has 0 aliphatic heterocycles. The molecule has 1 N–H and O–H groups in total. The largest absolute Gasteiger partial charge is 0.311 e. The van der Waals surface area contributed by atoms with Crippen molar-refractivity contribution in [1.82, 2.24) is 10.2 Å². The van der Waals surface area contributed by atoms with Gasteiger partial charge in [0.25, 0.3) is 0 Å². The van der Waals surface area contributed by atoms with Crippen LogP contribution >= 0.6 is 0 Å². The van der Waals surface area contributed by atoms with Crippen molar-refractivity contribution in [3.63, 3.8) is 0 Å². The third-order valence-corrected chi connectivity index (χ3v) is 3.96. The van der Waals surface area contributed by atoms with Crippen molar-refractivity contribution in [2.24, 2.45) is 0 Å². The SMILES string of the molecule is CCCCN(CCCC)CCCC[C@H](NC)C(=O)CC.[HH]. The molecule has 0 unspecified atom stereocenters. The van der Waals surface area contributed by atoms with Gasteiger partial charge in [-0.2, -0.15) is 0 Å². The number of nitrogens with zero attached hydrogens (tertiary/aromatic N) is 1. The topological polar surface area (TPSA) is 32.3 Å². The first kappa shape index (κ1) is 19.6. The van der Waals surface area contributed by atoms with Gasteiger partial charge in [0, 0.05) is 7.85 Å². The highest BCUT2D eigenvalue weighted by molar-refractivity contribution is 5.83. The summed E-state index contributed by atoms with van der Waals surface area (Å²) >= 11 is 0. The summed E-state index contributed by atoms with van der Waals surface area (Å²) in [5.74, 6) is 0.348. The highest BCUT2D eigenvalue weighted by atomic mass is 16.1. The van der Waals surface area contributed by atoms with Crippen LogP contribution in [0.2, 0.25) is 0 Å². The second-order valence-corrected chi connectivity index (χ2v) is 5.71. The first-order valence-electron chi connectivity index (χ1n) is 8.61. The Kier molecular flexibility index (Phi) is 13.3. The molecule has 0 fully saturated rings. The Morgan fingerprint density at radius 1 is 1.00 bits per heavy atom. The van der Waals surface area contributed by atoms with Gasteiger partial charge in [0.1, 0.15) is 5.78 Å². The van der Waals surface area contributed by atoms with Crippen molar-refractivity contribution in [3.8, 4) is 0 Å². The molecule has 20 heavy (non-hydrogen) atoms. The van der Waals surface area contributed by atoms with E-state index < -0.39 is 0 Å². The molecule has 0 saturated heterocycles. The summed E-state index contributed by atoms with van der Waals surface area (Å²) in [6, 6.07) is 0.0692. The van der Waals surface area contributed by atoms with Crippen LogP contribution in [0.4, 0.5) is 0 Å². The van der Waals surface area contributed by atoms with Crippen LogP contribution in [0, 0.1) is 0 Å². The number of carbonyl (C=O) groups excluding carboxylic acids is 1. The number of rotatable bonds is 14. The van der Waals surface area contributed by atoms with Gasteiger partial charge >= 0.3 is 0 Å². The van der Waals surface area contributed by atoms with Gasteiger partial charge in [-0.1, -0.05) is 40.0 Å². The summed E-state index contributed by atoms with van der Waals surface area (Å²) in [7, 11) is 1.90. The summed E-state index contributed by atoms with van der Waals surface area (Å²) in [5, 5.41) is 3.15. The van der Waals surface area contributed by atoms with E-state index in [-0.39, 0.29) is 7.47 Å². The van der Waals surface area contributed by atoms with Gasteiger partial charge in [0.15, 0.2) is 0 Å². The van der Waals surface area contributed by atoms with E-state index in [9.17, 15) is 4.79 Å². The quantitative estimate of drug-likeness (QED) is 0.492. The molecule has 0 aromatic carbocycles. The lowest BCUT2D eigenvalue weighted by Gasteiger charge is -2.22. The summed E-state index contributed by atoms with van der Waals surface area (Å²) in [6.45, 7) is 10.1. The van der Waals surface area contributed by atoms with Crippen molar-refractivity contribution < 1.29 is 6.22 Å². The zero-order chi connectivity index (χ0) is 15.2. The van der Waals surface area contributed by atoms with Gasteiger partial charge in [-0.3, -0.25) is 4.79 Å². The van der Waals surface area contributed by atoms with Gasteiger partial charge < -0.3 is 10.2 Å². The third kappa shape index (κ3) is 9.49. The highest BCUT2D eigenvalue weighted by Gasteiger charge is 2.13. The molecule has 3 heteroatoms. The predicted molar refractivity (Wildman–Crippen MR) is 90.4 cm³/mol. The monoisotopic (exact) mass is 286 g/mol. The van der Waals surface area contributed by atoms with Crippen molar-refractivity contribution in [2.75, 3.05) is 26.7 Å². The van der Waals surface area contributed by atoms with Crippen molar-refractivity contribution >= 4 is 5.78 Å². The van der Waals surface area contributed by atoms with E-state index in [1.54, 1.807) is 0 Å². The number of hydrogen-bond donors (Lipinski definition) is 1. The molecule has 1 atom stereocenters. The summed E-state index contributed by atoms with van der Waals surface area (Å²) in [5.41, 5.74) is 0. The van der Waals surface area contributed by atoms with Crippen LogP contribution in [0.5, 0.6) is 0 Å². The minimum absolute atomic E-state index is 0. The Labute approximate surface area is 128 Å². The number of unbranched alkanes of at least 4 members (excludes halogenated alkanes) is 3. The molecule has 0 aromatic heterocycles. The Morgan fingerprint density at radius 2 is 1.55 bits per heavy atom. The zero-order valence-electron chi connectivity index (χ0n) is 14.2. The molecule has 0 bridgehead atoms. The summed E-state index contributed by atoms with van der Waals surface area (Å²) in [4.78, 5) is 14.3. The lowest BCUT2D eigenvalue weighted by atomic mass is 10.0. The average Bonchev–Trinajstić information content (AvgIpc) is 2.48. The Hall–Kier alpha value is -0.410. The number of nitrogens with one attached hydrogen (secondary N) is 1. The number of hydrogen-bond acceptors (Lipinski definition) is 3. The van der Waals surface area contributed by atoms with Crippen LogP contribution in [0.1, 0.15) is 73.6 Å². The molecule has 0 aromatic rings. The Morgan fingerprint density at radius 3 is 2.00 bits per heavy atom. The zero-order valence-corrected chi connectivity index (χ0v) is 14.2. The lowest BCUT2D eigenvalue weighted by Crippen LogP contribution is -2.34. The average molecular weight is 287 g/mol. The number of likely N-dealkylation sites (N-methyl/N-ethyl adjacent to an activating group) is 1. The normalized spacial score (nSPS) is 12.8. The van der Waals surface area contributed by atoms with E-state index in [0.717, 1.165) is 12.8 Å². The molecule has 0 rings (SSSR count). The predicted octanol–water partition coefficient (Wildman–Crippen LogP) is 3.87. The second kappa shape index (κ2) is 13.6. The second-order valence-electron chi connectivity index (χ2n) is 5.71. The first-order chi connectivity index (χ1) is 9.69. The van der Waals surface area contributed by atoms with E-state index in [2.05, 4.69) is 24.1 Å². The molecular weight excluding hydrogens is 248 g/mol. The molecular formula is C17H38N2O. The molecule has 0 aliphatic carbocycles. The fourth-order valence-electron chi connectivity index (χ4n) is 2.50. The lowest BCUT2D eigenvalue weighted by molar-refractivity contribution is -0.120. The molecule has 0 radical (unpaired) electrons. The standard InChI is InChI=1S/C17H36N2O.H2/c1-5-8-13-19(14-9-6-2)15-11-10-12-16(18-4)17(20)7-3;/h16,18H,5-15H2,1-4H3;1H/t16-;/m0./s1. The van der Waals surface area contributed by atoms with Gasteiger partial charge in [0.2, 0.25) is 0 Å². The van der Waals surface area contributed by atoms with Crippen LogP contribution in [-0.2, 0) is 4.79 Å². The molecule has 0 amide bonds. The van der Waals surface area contributed by atoms with Gasteiger partial charge in [-0.15, -0.1) is 0 Å². The van der Waals surface area contributed by atoms with E-state index in [0.29, 0.717) is 12.2 Å². The smallest absolute Gasteiger partial charge is 0.149 e. The van der Waals surface area contributed by atoms with Crippen LogP contribution < -0.4 is 5.32 Å². The molecule has 0 saturated carbocycles. The third-order valence-electron chi connectivity index (χ3n) is 3.96. The first-order valence-corrected chi connectivity index (χ1v) is 8.61. The van der Waals surface area contributed by atoms with Crippen molar-refractivity contribution in [2.45, 2.75) is 78.2 Å². The minimum Gasteiger partial charge on any atom is -0.311 e. The minimum atomic E-state index is 0. The van der Waals surface area contributed by atoms with Crippen LogP contribution in [0.3, 0.4) is 0 Å². The molecule has 0 aliphatic rings. The van der Waals surface area contributed by atoms with Crippen LogP contribution in [0.25, 0.3) is 0 Å². The number of Topliss-reactive ketones (excluding diaryl/α,β-unsaturated/α-hetero) is 1. The van der Waals surface area contributed by atoms with E-state index in [1.165, 1.54) is 51.7 Å². The van der Waals surface area contributed by atoms with Gasteiger partial charge in [-0.05, 0) is 52.4 Å². The van der Waals surface area contributed by atoms with Crippen LogP contribution in [-0.4, -0.2) is 43.4 Å². The maximum atomic E-state index is 11.7. The fourth-order valence-corrected chi connectivity index (χ4v) is 2.50. The maximum Gasteiger partial charge on any atom is 0.149 e. The highest BCUT2D eigenvalue weighted by Crippen LogP contribution is 2.07. The molecule has 0 spiro atoms. The van der Waals surface area contributed by atoms with Crippen molar-refractivity contribution in [3.05, 3.63) is 0 Å².